The van der Waals surface area contributed by atoms with Crippen molar-refractivity contribution in [3.63, 3.8) is 0 Å². The fourth-order valence-corrected chi connectivity index (χ4v) is 2.20. The second-order valence-electron chi connectivity index (χ2n) is 4.45. The van der Waals surface area contributed by atoms with E-state index < -0.39 is 5.60 Å². The molecule has 0 aliphatic heterocycles. The lowest BCUT2D eigenvalue weighted by Gasteiger charge is -2.27. The van der Waals surface area contributed by atoms with E-state index in [4.69, 9.17) is 4.74 Å². The van der Waals surface area contributed by atoms with Crippen molar-refractivity contribution in [1.29, 1.82) is 0 Å². The van der Waals surface area contributed by atoms with Gasteiger partial charge in [0.25, 0.3) is 0 Å². The van der Waals surface area contributed by atoms with Gasteiger partial charge < -0.3 is 9.84 Å². The minimum absolute atomic E-state index is 0.760. The molecule has 1 aromatic carbocycles. The summed E-state index contributed by atoms with van der Waals surface area (Å²) >= 11 is 0. The van der Waals surface area contributed by atoms with Gasteiger partial charge in [0, 0.05) is 0 Å². The highest BCUT2D eigenvalue weighted by Crippen LogP contribution is 2.33. The van der Waals surface area contributed by atoms with Crippen LogP contribution in [0.15, 0.2) is 43.0 Å². The Morgan fingerprint density at radius 3 is 2.65 bits per heavy atom. The first-order valence-electron chi connectivity index (χ1n) is 5.89. The standard InChI is InChI=1S/C15H18O2/c1-3-15(16)10-4-5-13(11-15)12-6-8-14(17-2)9-7-12/h3,6-9,11,16H,1,4-5,10H2,2H3. The fourth-order valence-electron chi connectivity index (χ4n) is 2.20. The molecule has 0 fully saturated rings. The minimum Gasteiger partial charge on any atom is -0.497 e. The van der Waals surface area contributed by atoms with Crippen molar-refractivity contribution in [2.45, 2.75) is 24.9 Å². The van der Waals surface area contributed by atoms with Crippen LogP contribution in [0.5, 0.6) is 5.75 Å². The average molecular weight is 230 g/mol. The zero-order valence-corrected chi connectivity index (χ0v) is 10.1. The van der Waals surface area contributed by atoms with Gasteiger partial charge in [-0.15, -0.1) is 0 Å². The summed E-state index contributed by atoms with van der Waals surface area (Å²) in [5, 5.41) is 10.2. The van der Waals surface area contributed by atoms with Gasteiger partial charge in [-0.3, -0.25) is 0 Å². The molecule has 17 heavy (non-hydrogen) atoms. The number of ether oxygens (including phenoxy) is 1. The summed E-state index contributed by atoms with van der Waals surface area (Å²) in [7, 11) is 1.66. The lowest BCUT2D eigenvalue weighted by Crippen LogP contribution is -2.25. The first-order valence-corrected chi connectivity index (χ1v) is 5.89. The van der Waals surface area contributed by atoms with Crippen molar-refractivity contribution >= 4 is 5.57 Å². The summed E-state index contributed by atoms with van der Waals surface area (Å²) in [5.74, 6) is 0.851. The Hall–Kier alpha value is -1.54. The molecule has 0 bridgehead atoms. The zero-order chi connectivity index (χ0) is 12.3. The first-order chi connectivity index (χ1) is 8.17. The maximum Gasteiger partial charge on any atom is 0.118 e. The van der Waals surface area contributed by atoms with E-state index in [9.17, 15) is 5.11 Å². The van der Waals surface area contributed by atoms with Crippen molar-refractivity contribution in [1.82, 2.24) is 0 Å². The number of aliphatic hydroxyl groups is 1. The molecular weight excluding hydrogens is 212 g/mol. The van der Waals surface area contributed by atoms with Crippen LogP contribution in [0.1, 0.15) is 24.8 Å². The molecule has 1 unspecified atom stereocenters. The van der Waals surface area contributed by atoms with E-state index in [2.05, 4.69) is 6.58 Å². The first kappa shape index (κ1) is 11.9. The third-order valence-electron chi connectivity index (χ3n) is 3.26. The Balaban J connectivity index is 2.29. The predicted octanol–water partition coefficient (Wildman–Crippen LogP) is 3.18. The molecule has 1 aliphatic rings. The average Bonchev–Trinajstić information content (AvgIpc) is 2.39. The van der Waals surface area contributed by atoms with E-state index in [1.54, 1.807) is 13.2 Å². The molecule has 0 amide bonds. The number of methoxy groups -OCH3 is 1. The molecule has 0 saturated carbocycles. The molecule has 0 radical (unpaired) electrons. The van der Waals surface area contributed by atoms with Gasteiger partial charge in [-0.05, 0) is 48.6 Å². The van der Waals surface area contributed by atoms with E-state index in [-0.39, 0.29) is 0 Å². The monoisotopic (exact) mass is 230 g/mol. The summed E-state index contributed by atoms with van der Waals surface area (Å²) in [6.45, 7) is 3.70. The van der Waals surface area contributed by atoms with Crippen LogP contribution in [0.25, 0.3) is 5.57 Å². The Morgan fingerprint density at radius 1 is 1.35 bits per heavy atom. The molecule has 2 nitrogen and oxygen atoms in total. The molecule has 0 aromatic heterocycles. The SMILES string of the molecule is C=CC1(O)C=C(c2ccc(OC)cc2)CCC1. The van der Waals surface area contributed by atoms with Crippen molar-refractivity contribution in [3.8, 4) is 5.75 Å². The van der Waals surface area contributed by atoms with Gasteiger partial charge in [-0.2, -0.15) is 0 Å². The fraction of sp³-hybridized carbons (Fsp3) is 0.333. The van der Waals surface area contributed by atoms with Crippen LogP contribution < -0.4 is 4.74 Å². The maximum absolute atomic E-state index is 10.2. The number of rotatable bonds is 3. The largest absolute Gasteiger partial charge is 0.497 e. The summed E-state index contributed by atoms with van der Waals surface area (Å²) in [4.78, 5) is 0. The highest BCUT2D eigenvalue weighted by molar-refractivity contribution is 5.68. The Morgan fingerprint density at radius 2 is 2.06 bits per heavy atom. The van der Waals surface area contributed by atoms with Gasteiger partial charge in [0.2, 0.25) is 0 Å². The Bertz CT molecular complexity index is 431. The lowest BCUT2D eigenvalue weighted by atomic mass is 9.84. The van der Waals surface area contributed by atoms with E-state index in [0.717, 1.165) is 30.6 Å². The van der Waals surface area contributed by atoms with E-state index in [1.165, 1.54) is 5.57 Å². The molecule has 0 spiro atoms. The Labute approximate surface area is 102 Å². The van der Waals surface area contributed by atoms with E-state index >= 15 is 0 Å². The number of hydrogen-bond acceptors (Lipinski definition) is 2. The topological polar surface area (TPSA) is 29.5 Å². The highest BCUT2D eigenvalue weighted by Gasteiger charge is 2.24. The highest BCUT2D eigenvalue weighted by atomic mass is 16.5. The van der Waals surface area contributed by atoms with Crippen LogP contribution in [0.3, 0.4) is 0 Å². The number of hydrogen-bond donors (Lipinski definition) is 1. The summed E-state index contributed by atoms with van der Waals surface area (Å²) < 4.78 is 5.13. The zero-order valence-electron chi connectivity index (χ0n) is 10.1. The molecule has 1 N–H and O–H groups in total. The minimum atomic E-state index is -0.840. The summed E-state index contributed by atoms with van der Waals surface area (Å²) in [6.07, 6.45) is 6.29. The maximum atomic E-state index is 10.2. The van der Waals surface area contributed by atoms with Gasteiger partial charge >= 0.3 is 0 Å². The smallest absolute Gasteiger partial charge is 0.118 e. The number of benzene rings is 1. The van der Waals surface area contributed by atoms with Crippen molar-refractivity contribution in [2.75, 3.05) is 7.11 Å². The molecule has 1 aliphatic carbocycles. The van der Waals surface area contributed by atoms with Crippen LogP contribution in [0.4, 0.5) is 0 Å². The molecular formula is C15H18O2. The quantitative estimate of drug-likeness (QED) is 0.808. The van der Waals surface area contributed by atoms with Crippen molar-refractivity contribution < 1.29 is 9.84 Å². The number of allylic oxidation sites excluding steroid dienone is 1. The van der Waals surface area contributed by atoms with Crippen molar-refractivity contribution in [2.24, 2.45) is 0 Å². The molecule has 2 rings (SSSR count). The summed E-state index contributed by atoms with van der Waals surface area (Å²) in [5.41, 5.74) is 1.49. The second-order valence-corrected chi connectivity index (χ2v) is 4.45. The third kappa shape index (κ3) is 2.59. The molecule has 1 atom stereocenters. The van der Waals surface area contributed by atoms with Gasteiger partial charge in [0.05, 0.1) is 7.11 Å². The summed E-state index contributed by atoms with van der Waals surface area (Å²) in [6, 6.07) is 7.94. The Kier molecular flexibility index (Phi) is 3.34. The molecule has 2 heteroatoms. The van der Waals surface area contributed by atoms with Gasteiger partial charge in [0.15, 0.2) is 0 Å². The molecule has 90 valence electrons. The van der Waals surface area contributed by atoms with Gasteiger partial charge in [-0.1, -0.05) is 24.8 Å². The van der Waals surface area contributed by atoms with E-state index in [0.29, 0.717) is 0 Å². The second kappa shape index (κ2) is 4.76. The van der Waals surface area contributed by atoms with Crippen molar-refractivity contribution in [3.05, 3.63) is 48.6 Å². The van der Waals surface area contributed by atoms with Gasteiger partial charge in [0.1, 0.15) is 11.4 Å². The molecule has 0 saturated heterocycles. The normalized spacial score (nSPS) is 24.0. The molecule has 0 heterocycles. The van der Waals surface area contributed by atoms with Crippen LogP contribution in [-0.4, -0.2) is 17.8 Å². The van der Waals surface area contributed by atoms with E-state index in [1.807, 2.05) is 30.3 Å². The predicted molar refractivity (Wildman–Crippen MR) is 70.0 cm³/mol. The van der Waals surface area contributed by atoms with Crippen LogP contribution >= 0.6 is 0 Å². The van der Waals surface area contributed by atoms with Gasteiger partial charge in [-0.25, -0.2) is 0 Å². The van der Waals surface area contributed by atoms with Crippen LogP contribution in [-0.2, 0) is 0 Å². The van der Waals surface area contributed by atoms with Crippen LogP contribution in [0, 0.1) is 0 Å². The molecule has 1 aromatic rings. The third-order valence-corrected chi connectivity index (χ3v) is 3.26. The van der Waals surface area contributed by atoms with Crippen LogP contribution in [0.2, 0.25) is 0 Å². The lowest BCUT2D eigenvalue weighted by molar-refractivity contribution is 0.127.